The maximum absolute atomic E-state index is 5.34. The molecule has 0 aliphatic heterocycles. The lowest BCUT2D eigenvalue weighted by Crippen LogP contribution is -2.74. The zero-order valence-electron chi connectivity index (χ0n) is 40.7. The molecule has 70 heavy (non-hydrogen) atoms. The highest BCUT2D eigenvalue weighted by atomic mass is 28.3. The normalized spacial score (nSPS) is 12.1. The van der Waals surface area contributed by atoms with Crippen LogP contribution in [0.1, 0.15) is 52.7 Å². The van der Waals surface area contributed by atoms with Crippen LogP contribution in [0.25, 0.3) is 72.8 Å². The van der Waals surface area contributed by atoms with Crippen molar-refractivity contribution < 1.29 is 0 Å². The van der Waals surface area contributed by atoms with Gasteiger partial charge in [0.2, 0.25) is 0 Å². The number of aromatic nitrogens is 4. The number of rotatable bonds is 9. The van der Waals surface area contributed by atoms with E-state index in [0.717, 1.165) is 44.5 Å². The maximum Gasteiger partial charge on any atom is 0.179 e. The first-order valence-corrected chi connectivity index (χ1v) is 26.4. The number of fused-ring (bicyclic) bond motifs is 3. The second-order valence-electron chi connectivity index (χ2n) is 20.5. The Hall–Kier alpha value is -7.99. The lowest BCUT2D eigenvalue weighted by molar-refractivity contribution is 0.590. The first-order valence-electron chi connectivity index (χ1n) is 24.4. The molecule has 0 bridgehead atoms. The molecule has 0 aliphatic carbocycles. The Labute approximate surface area is 413 Å². The van der Waals surface area contributed by atoms with Crippen molar-refractivity contribution >= 4 is 50.6 Å². The first-order chi connectivity index (χ1) is 34.0. The fourth-order valence-corrected chi connectivity index (χ4v) is 15.0. The molecule has 0 saturated heterocycles. The van der Waals surface area contributed by atoms with Gasteiger partial charge in [-0.15, -0.1) is 0 Å². The van der Waals surface area contributed by atoms with E-state index < -0.39 is 8.07 Å². The Morgan fingerprint density at radius 1 is 0.329 bits per heavy atom. The van der Waals surface area contributed by atoms with E-state index in [1.54, 1.807) is 0 Å². The lowest BCUT2D eigenvalue weighted by atomic mass is 9.85. The van der Waals surface area contributed by atoms with Gasteiger partial charge in [-0.3, -0.25) is 0 Å². The second-order valence-corrected chi connectivity index (χ2v) is 24.3. The average Bonchev–Trinajstić information content (AvgIpc) is 3.73. The van der Waals surface area contributed by atoms with Gasteiger partial charge < -0.3 is 4.57 Å². The fourth-order valence-electron chi connectivity index (χ4n) is 10.2. The molecule has 0 amide bonds. The summed E-state index contributed by atoms with van der Waals surface area (Å²) in [6, 6.07) is 84.2. The highest BCUT2D eigenvalue weighted by Gasteiger charge is 2.41. The molecule has 0 radical (unpaired) electrons. The molecule has 11 rings (SSSR count). The molecule has 4 nitrogen and oxygen atoms in total. The van der Waals surface area contributed by atoms with Crippen molar-refractivity contribution in [2.24, 2.45) is 0 Å². The Kier molecular flexibility index (Phi) is 11.3. The molecule has 0 fully saturated rings. The zero-order valence-corrected chi connectivity index (χ0v) is 41.7. The highest BCUT2D eigenvalue weighted by Crippen LogP contribution is 2.41. The Bertz CT molecular complexity index is 3420. The van der Waals surface area contributed by atoms with Crippen LogP contribution >= 0.6 is 0 Å². The number of nitrogens with zero attached hydrogens (tertiary/aromatic N) is 4. The van der Waals surface area contributed by atoms with Gasteiger partial charge in [-0.1, -0.05) is 236 Å². The Balaban J connectivity index is 1.21. The van der Waals surface area contributed by atoms with E-state index in [9.17, 15) is 0 Å². The van der Waals surface area contributed by atoms with E-state index in [-0.39, 0.29) is 10.8 Å². The summed E-state index contributed by atoms with van der Waals surface area (Å²) in [5, 5.41) is 7.79. The van der Waals surface area contributed by atoms with Crippen molar-refractivity contribution in [2.45, 2.75) is 52.4 Å². The summed E-state index contributed by atoms with van der Waals surface area (Å²) in [6.07, 6.45) is 0. The van der Waals surface area contributed by atoms with Crippen molar-refractivity contribution in [3.63, 3.8) is 0 Å². The van der Waals surface area contributed by atoms with Crippen molar-refractivity contribution in [3.05, 3.63) is 242 Å². The van der Waals surface area contributed by atoms with Gasteiger partial charge in [0, 0.05) is 27.5 Å². The van der Waals surface area contributed by atoms with Gasteiger partial charge in [-0.05, 0) is 90.2 Å². The molecule has 0 atom stereocenters. The molecule has 0 spiro atoms. The van der Waals surface area contributed by atoms with Gasteiger partial charge in [0.15, 0.2) is 25.5 Å². The third-order valence-corrected chi connectivity index (χ3v) is 18.7. The van der Waals surface area contributed by atoms with Gasteiger partial charge in [0.25, 0.3) is 0 Å². The largest absolute Gasteiger partial charge is 0.308 e. The quantitative estimate of drug-likeness (QED) is 0.107. The van der Waals surface area contributed by atoms with Gasteiger partial charge in [0.1, 0.15) is 0 Å². The summed E-state index contributed by atoms with van der Waals surface area (Å²) in [7, 11) is -2.82. The molecular formula is C65H56N4Si. The standard InChI is InChI=1S/C65H56N4Si/c1-64(2,3)49-36-39-58-56(43-49)57-44-50(65(4,5)6)37-40-59(57)69(58)60-42-48(35-38-55(60)63-67-61(45-23-12-7-13-24-45)66-62(68-63)46-25-14-8-15-26-46)47-27-22-34-54(41-47)70(51-28-16-9-17-29-51,52-30-18-10-19-31-52)53-32-20-11-21-33-53/h7-44H,1-6H3. The summed E-state index contributed by atoms with van der Waals surface area (Å²) in [4.78, 5) is 15.8. The van der Waals surface area contributed by atoms with Gasteiger partial charge >= 0.3 is 0 Å². The summed E-state index contributed by atoms with van der Waals surface area (Å²) in [5.74, 6) is 1.87. The van der Waals surface area contributed by atoms with Crippen LogP contribution in [0.5, 0.6) is 0 Å². The van der Waals surface area contributed by atoms with Crippen LogP contribution in [-0.4, -0.2) is 27.6 Å². The first kappa shape index (κ1) is 44.5. The number of benzene rings is 9. The van der Waals surface area contributed by atoms with E-state index in [1.807, 2.05) is 36.4 Å². The van der Waals surface area contributed by atoms with Crippen LogP contribution in [0.2, 0.25) is 0 Å². The molecule has 5 heteroatoms. The lowest BCUT2D eigenvalue weighted by Gasteiger charge is -2.34. The summed E-state index contributed by atoms with van der Waals surface area (Å²) in [6.45, 7) is 13.8. The van der Waals surface area contributed by atoms with Crippen molar-refractivity contribution in [2.75, 3.05) is 0 Å². The average molecular weight is 921 g/mol. The molecule has 340 valence electrons. The van der Waals surface area contributed by atoms with Crippen molar-refractivity contribution in [1.29, 1.82) is 0 Å². The van der Waals surface area contributed by atoms with Gasteiger partial charge in [0.05, 0.1) is 16.7 Å². The summed E-state index contributed by atoms with van der Waals surface area (Å²) in [5.41, 5.74) is 10.8. The Morgan fingerprint density at radius 3 is 1.16 bits per heavy atom. The maximum atomic E-state index is 5.34. The van der Waals surface area contributed by atoms with Crippen molar-refractivity contribution in [1.82, 2.24) is 19.5 Å². The van der Waals surface area contributed by atoms with Crippen LogP contribution in [-0.2, 0) is 10.8 Å². The van der Waals surface area contributed by atoms with Gasteiger partial charge in [-0.2, -0.15) is 0 Å². The minimum atomic E-state index is -2.82. The predicted octanol–water partition coefficient (Wildman–Crippen LogP) is 13.6. The molecular weight excluding hydrogens is 865 g/mol. The molecule has 2 aromatic heterocycles. The Morgan fingerprint density at radius 2 is 0.714 bits per heavy atom. The van der Waals surface area contributed by atoms with Gasteiger partial charge in [-0.25, -0.2) is 15.0 Å². The highest BCUT2D eigenvalue weighted by molar-refractivity contribution is 7.19. The smallest absolute Gasteiger partial charge is 0.179 e. The second kappa shape index (κ2) is 17.8. The third-order valence-electron chi connectivity index (χ3n) is 13.9. The summed E-state index contributed by atoms with van der Waals surface area (Å²) < 4.78 is 2.46. The van der Waals surface area contributed by atoms with E-state index in [2.05, 4.69) is 240 Å². The van der Waals surface area contributed by atoms with E-state index in [4.69, 9.17) is 15.0 Å². The van der Waals surface area contributed by atoms with Crippen LogP contribution in [0.15, 0.2) is 231 Å². The monoisotopic (exact) mass is 920 g/mol. The molecule has 0 unspecified atom stereocenters. The zero-order chi connectivity index (χ0) is 48.0. The van der Waals surface area contributed by atoms with Crippen LogP contribution in [0, 0.1) is 0 Å². The van der Waals surface area contributed by atoms with E-state index in [1.165, 1.54) is 42.6 Å². The molecule has 0 N–H and O–H groups in total. The minimum Gasteiger partial charge on any atom is -0.308 e. The SMILES string of the molecule is CC(C)(C)c1ccc2c(c1)c1cc(C(C)(C)C)ccc1n2-c1cc(-c2cccc([Si](c3ccccc3)(c3ccccc3)c3ccccc3)c2)ccc1-c1nc(-c2ccccc2)nc(-c2ccccc2)n1. The van der Waals surface area contributed by atoms with Crippen LogP contribution in [0.4, 0.5) is 0 Å². The molecule has 0 aliphatic rings. The van der Waals surface area contributed by atoms with E-state index in [0.29, 0.717) is 17.5 Å². The third kappa shape index (κ3) is 8.06. The fraction of sp³-hybridized carbons (Fsp3) is 0.123. The topological polar surface area (TPSA) is 43.6 Å². The van der Waals surface area contributed by atoms with E-state index >= 15 is 0 Å². The molecule has 2 heterocycles. The van der Waals surface area contributed by atoms with Crippen LogP contribution in [0.3, 0.4) is 0 Å². The van der Waals surface area contributed by atoms with Crippen LogP contribution < -0.4 is 20.7 Å². The predicted molar refractivity (Wildman–Crippen MR) is 297 cm³/mol. The molecule has 9 aromatic carbocycles. The number of hydrogen-bond acceptors (Lipinski definition) is 3. The number of hydrogen-bond donors (Lipinski definition) is 0. The van der Waals surface area contributed by atoms with Crippen molar-refractivity contribution in [3.8, 4) is 51.0 Å². The minimum absolute atomic E-state index is 0.0370. The molecule has 0 saturated carbocycles. The molecule has 11 aromatic rings. The summed E-state index contributed by atoms with van der Waals surface area (Å²) >= 11 is 0.